The van der Waals surface area contributed by atoms with Crippen molar-refractivity contribution in [2.45, 2.75) is 72.3 Å². The summed E-state index contributed by atoms with van der Waals surface area (Å²) in [6.07, 6.45) is 0.798. The molecule has 0 aliphatic carbocycles. The van der Waals surface area contributed by atoms with Crippen LogP contribution in [-0.4, -0.2) is 26.1 Å². The second-order valence-corrected chi connectivity index (χ2v) is 16.0. The molecule has 0 bridgehead atoms. The Labute approximate surface area is 163 Å². The molecule has 6 heteroatoms. The quantitative estimate of drug-likeness (QED) is 0.557. The van der Waals surface area contributed by atoms with Crippen LogP contribution in [0.5, 0.6) is 5.75 Å². The zero-order chi connectivity index (χ0) is 20.3. The second kappa shape index (κ2) is 8.30. The summed E-state index contributed by atoms with van der Waals surface area (Å²) in [5.41, 5.74) is -0.0754. The van der Waals surface area contributed by atoms with Crippen molar-refractivity contribution in [3.05, 3.63) is 28.5 Å². The zero-order valence-electron chi connectivity index (χ0n) is 17.3. The van der Waals surface area contributed by atoms with Crippen molar-refractivity contribution in [2.75, 3.05) is 6.61 Å². The Morgan fingerprint density at radius 3 is 2.27 bits per heavy atom. The fourth-order valence-corrected chi connectivity index (χ4v) is 3.99. The summed E-state index contributed by atoms with van der Waals surface area (Å²) in [5.74, 6) is -0.752. The highest BCUT2D eigenvalue weighted by atomic mass is 35.5. The summed E-state index contributed by atoms with van der Waals surface area (Å²) in [6.45, 7) is 17.4. The predicted molar refractivity (Wildman–Crippen MR) is 111 cm³/mol. The Balaban J connectivity index is 3.04. The average molecular weight is 402 g/mol. The molecular formula is C20H33ClFNO2Si. The van der Waals surface area contributed by atoms with Crippen LogP contribution in [0.3, 0.4) is 0 Å². The minimum atomic E-state index is -1.31. The van der Waals surface area contributed by atoms with Gasteiger partial charge in [-0.05, 0) is 43.9 Å². The lowest BCUT2D eigenvalue weighted by molar-refractivity contribution is 0.0887. The van der Waals surface area contributed by atoms with Gasteiger partial charge in [0.1, 0.15) is 10.8 Å². The Kier molecular flexibility index (Phi) is 7.33. The monoisotopic (exact) mass is 401 g/mol. The standard InChI is InChI=1S/C20H33ClFNO2Si/c1-19(2,3)13-20(4,5)23-18(24)14-9-10-15(22)16(21)17(14)25-11-12-26(6,7)8/h9-10H,11-13H2,1-8H3,(H,23,24). The number of amides is 1. The first-order chi connectivity index (χ1) is 11.6. The fourth-order valence-electron chi connectivity index (χ4n) is 3.06. The highest BCUT2D eigenvalue weighted by molar-refractivity contribution is 6.76. The van der Waals surface area contributed by atoms with Gasteiger partial charge < -0.3 is 10.1 Å². The highest BCUT2D eigenvalue weighted by Gasteiger charge is 2.29. The van der Waals surface area contributed by atoms with Crippen LogP contribution in [0.1, 0.15) is 51.4 Å². The molecule has 0 aliphatic heterocycles. The number of rotatable bonds is 7. The lowest BCUT2D eigenvalue weighted by atomic mass is 9.81. The Morgan fingerprint density at radius 1 is 1.19 bits per heavy atom. The van der Waals surface area contributed by atoms with Gasteiger partial charge in [0.25, 0.3) is 5.91 Å². The van der Waals surface area contributed by atoms with E-state index >= 15 is 0 Å². The largest absolute Gasteiger partial charge is 0.491 e. The van der Waals surface area contributed by atoms with Gasteiger partial charge >= 0.3 is 0 Å². The molecule has 1 aromatic rings. The van der Waals surface area contributed by atoms with E-state index in [1.807, 2.05) is 13.8 Å². The van der Waals surface area contributed by atoms with E-state index in [-0.39, 0.29) is 27.7 Å². The maximum Gasteiger partial charge on any atom is 0.255 e. The van der Waals surface area contributed by atoms with Gasteiger partial charge in [-0.15, -0.1) is 0 Å². The van der Waals surface area contributed by atoms with Gasteiger partial charge in [0.2, 0.25) is 0 Å². The van der Waals surface area contributed by atoms with E-state index in [0.717, 1.165) is 12.5 Å². The Hall–Kier alpha value is -1.07. The smallest absolute Gasteiger partial charge is 0.255 e. The molecule has 0 saturated carbocycles. The van der Waals surface area contributed by atoms with Crippen molar-refractivity contribution in [1.29, 1.82) is 0 Å². The van der Waals surface area contributed by atoms with Crippen LogP contribution in [0.2, 0.25) is 30.7 Å². The average Bonchev–Trinajstić information content (AvgIpc) is 2.38. The van der Waals surface area contributed by atoms with E-state index in [2.05, 4.69) is 45.7 Å². The van der Waals surface area contributed by atoms with Crippen LogP contribution < -0.4 is 10.1 Å². The Bertz CT molecular complexity index is 648. The number of nitrogens with one attached hydrogen (secondary N) is 1. The number of carbonyl (C=O) groups is 1. The molecule has 1 N–H and O–H groups in total. The van der Waals surface area contributed by atoms with Crippen molar-refractivity contribution in [1.82, 2.24) is 5.32 Å². The van der Waals surface area contributed by atoms with Crippen molar-refractivity contribution in [3.8, 4) is 5.75 Å². The fraction of sp³-hybridized carbons (Fsp3) is 0.650. The van der Waals surface area contributed by atoms with E-state index in [9.17, 15) is 9.18 Å². The SMILES string of the molecule is CC(C)(C)CC(C)(C)NC(=O)c1ccc(F)c(Cl)c1OCC[Si](C)(C)C. The van der Waals surface area contributed by atoms with E-state index in [1.54, 1.807) is 0 Å². The molecule has 1 rings (SSSR count). The molecule has 0 atom stereocenters. The van der Waals surface area contributed by atoms with E-state index in [0.29, 0.717) is 6.61 Å². The molecule has 0 aromatic heterocycles. The number of benzene rings is 1. The number of carbonyl (C=O) groups excluding carboxylic acids is 1. The van der Waals surface area contributed by atoms with Crippen LogP contribution >= 0.6 is 11.6 Å². The third-order valence-electron chi connectivity index (χ3n) is 3.82. The summed E-state index contributed by atoms with van der Waals surface area (Å²) in [6, 6.07) is 3.54. The first kappa shape index (κ1) is 23.0. The normalized spacial score (nSPS) is 12.8. The molecule has 0 radical (unpaired) electrons. The van der Waals surface area contributed by atoms with Crippen LogP contribution in [0.4, 0.5) is 4.39 Å². The number of halogens is 2. The molecule has 1 aromatic carbocycles. The van der Waals surface area contributed by atoms with Crippen molar-refractivity contribution in [2.24, 2.45) is 5.41 Å². The molecule has 0 heterocycles. The molecule has 1 amide bonds. The Morgan fingerprint density at radius 2 is 1.77 bits per heavy atom. The van der Waals surface area contributed by atoms with Crippen molar-refractivity contribution >= 4 is 25.6 Å². The molecule has 0 fully saturated rings. The van der Waals surface area contributed by atoms with E-state index in [4.69, 9.17) is 16.3 Å². The second-order valence-electron chi connectivity index (χ2n) is 9.97. The first-order valence-electron chi connectivity index (χ1n) is 9.05. The predicted octanol–water partition coefficient (Wildman–Crippen LogP) is 6.14. The maximum atomic E-state index is 13.9. The van der Waals surface area contributed by atoms with E-state index < -0.39 is 19.4 Å². The molecular weight excluding hydrogens is 369 g/mol. The minimum absolute atomic E-state index is 0.0634. The van der Waals surface area contributed by atoms with Crippen LogP contribution in [0.25, 0.3) is 0 Å². The van der Waals surface area contributed by atoms with Gasteiger partial charge in [-0.2, -0.15) is 0 Å². The zero-order valence-corrected chi connectivity index (χ0v) is 19.1. The molecule has 0 spiro atoms. The molecule has 148 valence electrons. The third-order valence-corrected chi connectivity index (χ3v) is 5.87. The van der Waals surface area contributed by atoms with Gasteiger partial charge in [0, 0.05) is 13.6 Å². The summed E-state index contributed by atoms with van der Waals surface area (Å²) in [5, 5.41) is 2.89. The van der Waals surface area contributed by atoms with Gasteiger partial charge in [0.05, 0.1) is 12.2 Å². The molecule has 0 unspecified atom stereocenters. The number of hydrogen-bond donors (Lipinski definition) is 1. The summed E-state index contributed by atoms with van der Waals surface area (Å²) in [7, 11) is -1.31. The summed E-state index contributed by atoms with van der Waals surface area (Å²) in [4.78, 5) is 12.8. The number of hydrogen-bond acceptors (Lipinski definition) is 2. The van der Waals surface area contributed by atoms with Gasteiger partial charge in [0.15, 0.2) is 5.75 Å². The maximum absolute atomic E-state index is 13.9. The lowest BCUT2D eigenvalue weighted by Crippen LogP contribution is -2.45. The first-order valence-corrected chi connectivity index (χ1v) is 13.1. The number of ether oxygens (including phenoxy) is 1. The van der Waals surface area contributed by atoms with Crippen molar-refractivity contribution in [3.63, 3.8) is 0 Å². The summed E-state index contributed by atoms with van der Waals surface area (Å²) < 4.78 is 19.7. The van der Waals surface area contributed by atoms with Crippen molar-refractivity contribution < 1.29 is 13.9 Å². The lowest BCUT2D eigenvalue weighted by Gasteiger charge is -2.33. The molecule has 26 heavy (non-hydrogen) atoms. The van der Waals surface area contributed by atoms with Gasteiger partial charge in [-0.1, -0.05) is 52.0 Å². The molecule has 0 aliphatic rings. The summed E-state index contributed by atoms with van der Waals surface area (Å²) >= 11 is 6.10. The third kappa shape index (κ3) is 7.66. The van der Waals surface area contributed by atoms with Gasteiger partial charge in [-0.25, -0.2) is 4.39 Å². The van der Waals surface area contributed by atoms with Crippen LogP contribution in [-0.2, 0) is 0 Å². The van der Waals surface area contributed by atoms with Gasteiger partial charge in [-0.3, -0.25) is 4.79 Å². The van der Waals surface area contributed by atoms with Crippen LogP contribution in [0, 0.1) is 11.2 Å². The van der Waals surface area contributed by atoms with E-state index in [1.165, 1.54) is 12.1 Å². The minimum Gasteiger partial charge on any atom is -0.491 e. The topological polar surface area (TPSA) is 38.3 Å². The molecule has 0 saturated heterocycles. The molecule has 3 nitrogen and oxygen atoms in total. The highest BCUT2D eigenvalue weighted by Crippen LogP contribution is 2.33. The van der Waals surface area contributed by atoms with Crippen LogP contribution in [0.15, 0.2) is 12.1 Å².